The first-order valence-electron chi connectivity index (χ1n) is 5.98. The quantitative estimate of drug-likeness (QED) is 0.845. The Hall–Kier alpha value is -2.35. The lowest BCUT2D eigenvalue weighted by Crippen LogP contribution is -2.16. The summed E-state index contributed by atoms with van der Waals surface area (Å²) in [4.78, 5) is 18.7. The number of nitrogens with two attached hydrogens (primary N) is 1. The number of hydrogen-bond acceptors (Lipinski definition) is 4. The average Bonchev–Trinajstić information content (AvgIpc) is 2.44. The molecule has 1 amide bonds. The Morgan fingerprint density at radius 2 is 2.09 bits per heavy atom. The van der Waals surface area contributed by atoms with Crippen LogP contribution in [0, 0.1) is 0 Å². The van der Waals surface area contributed by atoms with Crippen molar-refractivity contribution >= 4 is 23.2 Å². The third kappa shape index (κ3) is 3.64. The molecule has 0 bridgehead atoms. The van der Waals surface area contributed by atoms with Gasteiger partial charge >= 0.3 is 6.18 Å². The summed E-state index contributed by atoms with van der Waals surface area (Å²) < 4.78 is 38.7. The van der Waals surface area contributed by atoms with Crippen LogP contribution in [0.1, 0.15) is 21.5 Å². The van der Waals surface area contributed by atoms with Gasteiger partial charge < -0.3 is 11.1 Å². The monoisotopic (exact) mass is 330 g/mol. The fraction of sp³-hybridized carbons (Fsp3) is 0.154. The van der Waals surface area contributed by atoms with Crippen LogP contribution in [0.4, 0.5) is 18.9 Å². The maximum atomic E-state index is 12.9. The van der Waals surface area contributed by atoms with E-state index in [4.69, 9.17) is 17.3 Å². The molecule has 0 saturated heterocycles. The van der Waals surface area contributed by atoms with Gasteiger partial charge in [0, 0.05) is 30.7 Å². The van der Waals surface area contributed by atoms with E-state index in [2.05, 4.69) is 15.3 Å². The number of nitrogens with zero attached hydrogens (tertiary/aromatic N) is 2. The summed E-state index contributed by atoms with van der Waals surface area (Å²) in [5.41, 5.74) is 4.53. The van der Waals surface area contributed by atoms with E-state index >= 15 is 0 Å². The lowest BCUT2D eigenvalue weighted by molar-refractivity contribution is -0.138. The number of anilines is 1. The van der Waals surface area contributed by atoms with Crippen molar-refractivity contribution in [3.63, 3.8) is 0 Å². The number of halogens is 4. The highest BCUT2D eigenvalue weighted by molar-refractivity contribution is 6.29. The minimum atomic E-state index is -4.50. The number of aromatic nitrogens is 2. The highest BCUT2D eigenvalue weighted by Crippen LogP contribution is 2.32. The second kappa shape index (κ2) is 6.18. The zero-order chi connectivity index (χ0) is 16.3. The third-order valence-electron chi connectivity index (χ3n) is 2.81. The minimum Gasteiger partial charge on any atom is -0.380 e. The number of alkyl halides is 3. The molecule has 116 valence electrons. The molecule has 5 nitrogen and oxygen atoms in total. The molecular weight excluding hydrogens is 321 g/mol. The number of amides is 1. The molecule has 3 N–H and O–H groups in total. The zero-order valence-corrected chi connectivity index (χ0v) is 11.7. The van der Waals surface area contributed by atoms with Crippen LogP contribution in [0.2, 0.25) is 5.15 Å². The Kier molecular flexibility index (Phi) is 4.51. The number of hydrogen-bond donors (Lipinski definition) is 2. The summed E-state index contributed by atoms with van der Waals surface area (Å²) in [7, 11) is 0. The van der Waals surface area contributed by atoms with Gasteiger partial charge in [-0.1, -0.05) is 11.6 Å². The lowest BCUT2D eigenvalue weighted by atomic mass is 10.1. The Morgan fingerprint density at radius 3 is 2.73 bits per heavy atom. The molecular formula is C13H10ClF3N4O. The molecule has 0 fully saturated rings. The predicted molar refractivity (Wildman–Crippen MR) is 74.3 cm³/mol. The molecule has 0 radical (unpaired) electrons. The summed E-state index contributed by atoms with van der Waals surface area (Å²) in [5, 5.41) is 2.78. The predicted octanol–water partition coefficient (Wildman–Crippen LogP) is 2.86. The highest BCUT2D eigenvalue weighted by atomic mass is 35.5. The van der Waals surface area contributed by atoms with Crippen LogP contribution in [0.5, 0.6) is 0 Å². The van der Waals surface area contributed by atoms with Gasteiger partial charge in [-0.25, -0.2) is 4.98 Å². The van der Waals surface area contributed by atoms with Crippen LogP contribution in [0.3, 0.4) is 0 Å². The van der Waals surface area contributed by atoms with Crippen LogP contribution < -0.4 is 11.1 Å². The van der Waals surface area contributed by atoms with Crippen molar-refractivity contribution in [3.8, 4) is 0 Å². The van der Waals surface area contributed by atoms with Crippen LogP contribution >= 0.6 is 11.6 Å². The number of pyridine rings is 2. The molecule has 0 atom stereocenters. The number of carbonyl (C=O) groups is 1. The molecule has 0 saturated carbocycles. The van der Waals surface area contributed by atoms with Gasteiger partial charge in [0.15, 0.2) is 0 Å². The van der Waals surface area contributed by atoms with Gasteiger partial charge in [-0.2, -0.15) is 13.2 Å². The van der Waals surface area contributed by atoms with E-state index in [-0.39, 0.29) is 28.5 Å². The number of primary amides is 1. The average molecular weight is 331 g/mol. The third-order valence-corrected chi connectivity index (χ3v) is 3.02. The molecule has 0 aliphatic carbocycles. The van der Waals surface area contributed by atoms with Gasteiger partial charge in [0.05, 0.1) is 16.8 Å². The first-order valence-corrected chi connectivity index (χ1v) is 6.36. The van der Waals surface area contributed by atoms with Crippen molar-refractivity contribution in [2.24, 2.45) is 5.73 Å². The SMILES string of the molecule is NC(=O)c1cnc(Cl)cc1NCc1cnccc1C(F)(F)F. The van der Waals surface area contributed by atoms with Crippen molar-refractivity contribution in [1.82, 2.24) is 9.97 Å². The fourth-order valence-electron chi connectivity index (χ4n) is 1.81. The largest absolute Gasteiger partial charge is 0.416 e. The van der Waals surface area contributed by atoms with Crippen LogP contribution in [-0.4, -0.2) is 15.9 Å². The maximum Gasteiger partial charge on any atom is 0.416 e. The van der Waals surface area contributed by atoms with E-state index in [1.807, 2.05) is 0 Å². The Bertz CT molecular complexity index is 706. The molecule has 9 heteroatoms. The van der Waals surface area contributed by atoms with Gasteiger partial charge in [-0.05, 0) is 12.1 Å². The molecule has 0 aliphatic rings. The van der Waals surface area contributed by atoms with Gasteiger partial charge in [-0.15, -0.1) is 0 Å². The smallest absolute Gasteiger partial charge is 0.380 e. The maximum absolute atomic E-state index is 12.9. The minimum absolute atomic E-state index is 0.0295. The molecule has 2 aromatic rings. The van der Waals surface area contributed by atoms with Crippen molar-refractivity contribution < 1.29 is 18.0 Å². The summed E-state index contributed by atoms with van der Waals surface area (Å²) in [6, 6.07) is 2.19. The van der Waals surface area contributed by atoms with Crippen molar-refractivity contribution in [2.45, 2.75) is 12.7 Å². The Labute approximate surface area is 128 Å². The van der Waals surface area contributed by atoms with Crippen LogP contribution in [-0.2, 0) is 12.7 Å². The van der Waals surface area contributed by atoms with Crippen molar-refractivity contribution in [1.29, 1.82) is 0 Å². The number of carbonyl (C=O) groups excluding carboxylic acids is 1. The topological polar surface area (TPSA) is 80.9 Å². The van der Waals surface area contributed by atoms with E-state index in [1.54, 1.807) is 0 Å². The van der Waals surface area contributed by atoms with Crippen molar-refractivity contribution in [3.05, 3.63) is 52.6 Å². The summed E-state index contributed by atoms with van der Waals surface area (Å²) in [6.45, 7) is -0.205. The van der Waals surface area contributed by atoms with Gasteiger partial charge in [0.2, 0.25) is 0 Å². The summed E-state index contributed by atoms with van der Waals surface area (Å²) in [6.07, 6.45) is -1.18. The summed E-state index contributed by atoms with van der Waals surface area (Å²) >= 11 is 5.71. The van der Waals surface area contributed by atoms with Gasteiger partial charge in [-0.3, -0.25) is 9.78 Å². The number of nitrogens with one attached hydrogen (secondary N) is 1. The molecule has 22 heavy (non-hydrogen) atoms. The van der Waals surface area contributed by atoms with Crippen LogP contribution in [0.15, 0.2) is 30.7 Å². The molecule has 0 aliphatic heterocycles. The highest BCUT2D eigenvalue weighted by Gasteiger charge is 2.33. The van der Waals surface area contributed by atoms with Gasteiger partial charge in [0.1, 0.15) is 5.15 Å². The fourth-order valence-corrected chi connectivity index (χ4v) is 1.97. The molecule has 0 aromatic carbocycles. The van der Waals surface area contributed by atoms with E-state index in [0.29, 0.717) is 0 Å². The zero-order valence-electron chi connectivity index (χ0n) is 11.0. The second-order valence-electron chi connectivity index (χ2n) is 4.30. The van der Waals surface area contributed by atoms with E-state index in [1.165, 1.54) is 6.07 Å². The van der Waals surface area contributed by atoms with Gasteiger partial charge in [0.25, 0.3) is 5.91 Å². The number of rotatable bonds is 4. The standard InChI is InChI=1S/C13H10ClF3N4O/c14-11-3-10(8(6-21-11)12(18)22)20-5-7-4-19-2-1-9(7)13(15,16)17/h1-4,6H,5H2,(H2,18,22)(H,20,21). The lowest BCUT2D eigenvalue weighted by Gasteiger charge is -2.14. The Balaban J connectivity index is 2.28. The molecule has 2 rings (SSSR count). The molecule has 0 spiro atoms. The van der Waals surface area contributed by atoms with E-state index in [9.17, 15) is 18.0 Å². The van der Waals surface area contributed by atoms with E-state index < -0.39 is 17.6 Å². The van der Waals surface area contributed by atoms with E-state index in [0.717, 1.165) is 24.7 Å². The first-order chi connectivity index (χ1) is 10.3. The van der Waals surface area contributed by atoms with Crippen LogP contribution in [0.25, 0.3) is 0 Å². The molecule has 2 heterocycles. The van der Waals surface area contributed by atoms with Crippen molar-refractivity contribution in [2.75, 3.05) is 5.32 Å². The second-order valence-corrected chi connectivity index (χ2v) is 4.69. The summed E-state index contributed by atoms with van der Waals surface area (Å²) in [5.74, 6) is -0.770. The molecule has 2 aromatic heterocycles. The Morgan fingerprint density at radius 1 is 1.36 bits per heavy atom. The first kappa shape index (κ1) is 16.0. The normalized spacial score (nSPS) is 11.3. The molecule has 0 unspecified atom stereocenters.